The van der Waals surface area contributed by atoms with Crippen molar-refractivity contribution in [1.82, 2.24) is 4.98 Å². The highest BCUT2D eigenvalue weighted by molar-refractivity contribution is 7.99. The van der Waals surface area contributed by atoms with E-state index in [9.17, 15) is 0 Å². The Hall–Kier alpha value is -1.19. The molecule has 2 rings (SSSR count). The number of hydrogen-bond donors (Lipinski definition) is 1. The summed E-state index contributed by atoms with van der Waals surface area (Å²) in [6.45, 7) is 2.07. The molecule has 1 aromatic carbocycles. The van der Waals surface area contributed by atoms with Gasteiger partial charge in [-0.25, -0.2) is 4.98 Å². The molecule has 0 saturated heterocycles. The molecule has 0 unspecified atom stereocenters. The second kappa shape index (κ2) is 4.76. The van der Waals surface area contributed by atoms with Gasteiger partial charge in [0, 0.05) is 10.6 Å². The molecule has 16 heavy (non-hydrogen) atoms. The van der Waals surface area contributed by atoms with Crippen LogP contribution in [-0.2, 0) is 0 Å². The maximum atomic E-state index is 5.85. The van der Waals surface area contributed by atoms with Crippen LogP contribution in [0.5, 0.6) is 0 Å². The van der Waals surface area contributed by atoms with E-state index < -0.39 is 0 Å². The Morgan fingerprint density at radius 3 is 2.69 bits per heavy atom. The summed E-state index contributed by atoms with van der Waals surface area (Å²) in [5, 5.41) is 1.25. The number of nitrogens with two attached hydrogens (primary N) is 1. The van der Waals surface area contributed by atoms with Crippen molar-refractivity contribution >= 4 is 29.1 Å². The second-order valence-electron chi connectivity index (χ2n) is 3.43. The van der Waals surface area contributed by atoms with Gasteiger partial charge in [-0.2, -0.15) is 0 Å². The largest absolute Gasteiger partial charge is 0.399 e. The van der Waals surface area contributed by atoms with Crippen LogP contribution in [0.3, 0.4) is 0 Å². The van der Waals surface area contributed by atoms with E-state index in [0.29, 0.717) is 10.8 Å². The van der Waals surface area contributed by atoms with E-state index in [4.69, 9.17) is 17.3 Å². The van der Waals surface area contributed by atoms with Crippen LogP contribution in [0.4, 0.5) is 5.69 Å². The van der Waals surface area contributed by atoms with E-state index >= 15 is 0 Å². The van der Waals surface area contributed by atoms with Crippen molar-refractivity contribution in [2.75, 3.05) is 5.73 Å². The van der Waals surface area contributed by atoms with Crippen molar-refractivity contribution in [2.45, 2.75) is 16.8 Å². The topological polar surface area (TPSA) is 38.9 Å². The Morgan fingerprint density at radius 2 is 2.00 bits per heavy atom. The van der Waals surface area contributed by atoms with Crippen LogP contribution < -0.4 is 5.73 Å². The van der Waals surface area contributed by atoms with Gasteiger partial charge in [-0.05, 0) is 30.7 Å². The van der Waals surface area contributed by atoms with Crippen molar-refractivity contribution in [3.8, 4) is 0 Å². The van der Waals surface area contributed by atoms with Crippen molar-refractivity contribution in [3.63, 3.8) is 0 Å². The summed E-state index contributed by atoms with van der Waals surface area (Å²) in [6, 6.07) is 11.6. The maximum Gasteiger partial charge on any atom is 0.132 e. The van der Waals surface area contributed by atoms with Gasteiger partial charge in [-0.3, -0.25) is 0 Å². The molecule has 0 amide bonds. The lowest BCUT2D eigenvalue weighted by atomic mass is 10.2. The van der Waals surface area contributed by atoms with E-state index in [-0.39, 0.29) is 0 Å². The molecule has 0 atom stereocenters. The van der Waals surface area contributed by atoms with Gasteiger partial charge in [0.1, 0.15) is 10.2 Å². The fraction of sp³-hybridized carbons (Fsp3) is 0.0833. The van der Waals surface area contributed by atoms with Crippen LogP contribution in [0.15, 0.2) is 46.3 Å². The zero-order valence-corrected chi connectivity index (χ0v) is 10.3. The van der Waals surface area contributed by atoms with Crippen LogP contribution in [0.2, 0.25) is 5.15 Å². The number of halogens is 1. The monoisotopic (exact) mass is 250 g/mol. The number of aromatic nitrogens is 1. The van der Waals surface area contributed by atoms with Crippen LogP contribution >= 0.6 is 23.4 Å². The van der Waals surface area contributed by atoms with Gasteiger partial charge >= 0.3 is 0 Å². The minimum Gasteiger partial charge on any atom is -0.399 e. The first-order valence-electron chi connectivity index (χ1n) is 4.82. The van der Waals surface area contributed by atoms with E-state index in [1.54, 1.807) is 17.8 Å². The number of benzene rings is 1. The quantitative estimate of drug-likeness (QED) is 0.825. The zero-order valence-electron chi connectivity index (χ0n) is 8.77. The normalized spacial score (nSPS) is 10.4. The average molecular weight is 251 g/mol. The lowest BCUT2D eigenvalue weighted by Crippen LogP contribution is -1.89. The highest BCUT2D eigenvalue weighted by Gasteiger charge is 2.03. The first-order valence-corrected chi connectivity index (χ1v) is 6.01. The number of rotatable bonds is 2. The Bertz CT molecular complexity index is 494. The third kappa shape index (κ3) is 2.68. The molecule has 2 nitrogen and oxygen atoms in total. The minimum absolute atomic E-state index is 0.427. The van der Waals surface area contributed by atoms with Crippen LogP contribution in [-0.4, -0.2) is 4.98 Å². The highest BCUT2D eigenvalue weighted by Crippen LogP contribution is 2.30. The van der Waals surface area contributed by atoms with E-state index in [1.807, 2.05) is 18.2 Å². The Labute approximate surface area is 104 Å². The standard InChI is InChI=1S/C12H11ClN2S/c1-8-4-2-3-5-10(8)16-12-7-9(14)6-11(13)15-12/h2-7H,1H3,(H2,14,15). The fourth-order valence-corrected chi connectivity index (χ4v) is 2.53. The molecule has 1 heterocycles. The summed E-state index contributed by atoms with van der Waals surface area (Å²) in [6.07, 6.45) is 0. The summed E-state index contributed by atoms with van der Waals surface area (Å²) in [7, 11) is 0. The molecule has 82 valence electrons. The lowest BCUT2D eigenvalue weighted by Gasteiger charge is -2.05. The highest BCUT2D eigenvalue weighted by atomic mass is 35.5. The van der Waals surface area contributed by atoms with E-state index in [2.05, 4.69) is 24.0 Å². The summed E-state index contributed by atoms with van der Waals surface area (Å²) in [4.78, 5) is 5.38. The van der Waals surface area contributed by atoms with Gasteiger partial charge < -0.3 is 5.73 Å². The van der Waals surface area contributed by atoms with E-state index in [0.717, 1.165) is 9.92 Å². The van der Waals surface area contributed by atoms with Gasteiger partial charge in [0.15, 0.2) is 0 Å². The molecular formula is C12H11ClN2S. The van der Waals surface area contributed by atoms with Crippen molar-refractivity contribution in [1.29, 1.82) is 0 Å². The third-order valence-electron chi connectivity index (χ3n) is 2.10. The fourth-order valence-electron chi connectivity index (χ4n) is 1.33. The average Bonchev–Trinajstić information content (AvgIpc) is 2.20. The van der Waals surface area contributed by atoms with Gasteiger partial charge in [0.2, 0.25) is 0 Å². The van der Waals surface area contributed by atoms with Gasteiger partial charge in [0.25, 0.3) is 0 Å². The first kappa shape index (κ1) is 11.3. The Balaban J connectivity index is 2.30. The predicted octanol–water partition coefficient (Wildman–Crippen LogP) is 3.78. The molecule has 4 heteroatoms. The van der Waals surface area contributed by atoms with Crippen molar-refractivity contribution in [3.05, 3.63) is 47.1 Å². The minimum atomic E-state index is 0.427. The SMILES string of the molecule is Cc1ccccc1Sc1cc(N)cc(Cl)n1. The number of hydrogen-bond acceptors (Lipinski definition) is 3. The summed E-state index contributed by atoms with van der Waals surface area (Å²) >= 11 is 7.42. The number of aryl methyl sites for hydroxylation is 1. The number of nitrogen functional groups attached to an aromatic ring is 1. The van der Waals surface area contributed by atoms with Gasteiger partial charge in [-0.1, -0.05) is 41.6 Å². The molecule has 2 N–H and O–H groups in total. The maximum absolute atomic E-state index is 5.85. The Kier molecular flexibility index (Phi) is 3.36. The molecule has 0 aliphatic rings. The van der Waals surface area contributed by atoms with Crippen LogP contribution in [0.25, 0.3) is 0 Å². The number of pyridine rings is 1. The summed E-state index contributed by atoms with van der Waals surface area (Å²) < 4.78 is 0. The molecule has 0 spiro atoms. The summed E-state index contributed by atoms with van der Waals surface area (Å²) in [5.41, 5.74) is 7.56. The lowest BCUT2D eigenvalue weighted by molar-refractivity contribution is 1.13. The van der Waals surface area contributed by atoms with Crippen LogP contribution in [0, 0.1) is 6.92 Å². The third-order valence-corrected chi connectivity index (χ3v) is 3.39. The Morgan fingerprint density at radius 1 is 1.25 bits per heavy atom. The molecular weight excluding hydrogens is 240 g/mol. The summed E-state index contributed by atoms with van der Waals surface area (Å²) in [5.74, 6) is 0. The van der Waals surface area contributed by atoms with E-state index in [1.165, 1.54) is 5.56 Å². The smallest absolute Gasteiger partial charge is 0.132 e. The van der Waals surface area contributed by atoms with Crippen LogP contribution in [0.1, 0.15) is 5.56 Å². The first-order chi connectivity index (χ1) is 7.65. The van der Waals surface area contributed by atoms with Crippen molar-refractivity contribution < 1.29 is 0 Å². The molecule has 0 radical (unpaired) electrons. The molecule has 0 bridgehead atoms. The number of nitrogens with zero attached hydrogens (tertiary/aromatic N) is 1. The molecule has 0 fully saturated rings. The van der Waals surface area contributed by atoms with Gasteiger partial charge in [-0.15, -0.1) is 0 Å². The molecule has 1 aromatic heterocycles. The molecule has 2 aromatic rings. The zero-order chi connectivity index (χ0) is 11.5. The number of anilines is 1. The second-order valence-corrected chi connectivity index (χ2v) is 4.88. The molecule has 0 aliphatic heterocycles. The van der Waals surface area contributed by atoms with Crippen molar-refractivity contribution in [2.24, 2.45) is 0 Å². The molecule has 0 aliphatic carbocycles. The predicted molar refractivity (Wildman–Crippen MR) is 69.0 cm³/mol. The molecule has 0 saturated carbocycles. The van der Waals surface area contributed by atoms with Gasteiger partial charge in [0.05, 0.1) is 0 Å².